The summed E-state index contributed by atoms with van der Waals surface area (Å²) in [6, 6.07) is 11.2. The molecule has 0 unspecified atom stereocenters. The Kier molecular flexibility index (Phi) is 5.59. The molecule has 5 nitrogen and oxygen atoms in total. The van der Waals surface area contributed by atoms with E-state index in [0.717, 1.165) is 36.9 Å². The van der Waals surface area contributed by atoms with Crippen molar-refractivity contribution in [2.75, 3.05) is 5.32 Å². The number of carbonyl (C=O) groups excluding carboxylic acids is 2. The summed E-state index contributed by atoms with van der Waals surface area (Å²) < 4.78 is 0. The van der Waals surface area contributed by atoms with E-state index in [1.54, 1.807) is 12.1 Å². The molecule has 1 aliphatic rings. The number of para-hydroxylation sites is 1. The first-order valence-corrected chi connectivity index (χ1v) is 9.52. The number of amides is 2. The first-order valence-electron chi connectivity index (χ1n) is 9.52. The summed E-state index contributed by atoms with van der Waals surface area (Å²) in [5.74, 6) is -0.462. The monoisotopic (exact) mass is 365 g/mol. The zero-order chi connectivity index (χ0) is 19.4. The smallest absolute Gasteiger partial charge is 0.274 e. The number of pyridine rings is 1. The fourth-order valence-electron chi connectivity index (χ4n) is 3.47. The standard InChI is InChI=1S/C22H27N3O2/c1-22(2,3)17-10-6-7-11-18(17)25-21(27)19-14-15(12-13-23-19)20(26)24-16-8-4-5-9-16/h6-7,10-14,16H,4-5,8-9H2,1-3H3,(H,24,26)(H,25,27). The van der Waals surface area contributed by atoms with Gasteiger partial charge in [-0.05, 0) is 42.0 Å². The molecule has 1 aliphatic carbocycles. The number of nitrogens with one attached hydrogen (secondary N) is 2. The molecule has 1 saturated carbocycles. The predicted octanol–water partition coefficient (Wildman–Crippen LogP) is 4.30. The third-order valence-corrected chi connectivity index (χ3v) is 4.93. The number of anilines is 1. The number of hydrogen-bond acceptors (Lipinski definition) is 3. The van der Waals surface area contributed by atoms with Crippen LogP contribution < -0.4 is 10.6 Å². The van der Waals surface area contributed by atoms with Crippen LogP contribution in [0.5, 0.6) is 0 Å². The van der Waals surface area contributed by atoms with Crippen LogP contribution >= 0.6 is 0 Å². The van der Waals surface area contributed by atoms with Crippen LogP contribution in [0.15, 0.2) is 42.6 Å². The Balaban J connectivity index is 1.75. The third kappa shape index (κ3) is 4.73. The summed E-state index contributed by atoms with van der Waals surface area (Å²) in [6.07, 6.45) is 5.86. The molecule has 3 rings (SSSR count). The molecule has 1 aromatic heterocycles. The fourth-order valence-corrected chi connectivity index (χ4v) is 3.47. The van der Waals surface area contributed by atoms with Gasteiger partial charge in [0.25, 0.3) is 11.8 Å². The number of rotatable bonds is 4. The van der Waals surface area contributed by atoms with Crippen molar-refractivity contribution >= 4 is 17.5 Å². The molecule has 2 amide bonds. The van der Waals surface area contributed by atoms with E-state index < -0.39 is 0 Å². The Morgan fingerprint density at radius 2 is 1.74 bits per heavy atom. The quantitative estimate of drug-likeness (QED) is 0.848. The highest BCUT2D eigenvalue weighted by molar-refractivity contribution is 6.05. The maximum Gasteiger partial charge on any atom is 0.274 e. The Labute approximate surface area is 160 Å². The summed E-state index contributed by atoms with van der Waals surface area (Å²) in [7, 11) is 0. The van der Waals surface area contributed by atoms with Crippen LogP contribution in [0.25, 0.3) is 0 Å². The highest BCUT2D eigenvalue weighted by atomic mass is 16.2. The SMILES string of the molecule is CC(C)(C)c1ccccc1NC(=O)c1cc(C(=O)NC2CCCC2)ccn1. The van der Waals surface area contributed by atoms with Gasteiger partial charge in [0.05, 0.1) is 0 Å². The van der Waals surface area contributed by atoms with E-state index in [2.05, 4.69) is 36.4 Å². The molecule has 1 fully saturated rings. The molecule has 1 aromatic carbocycles. The van der Waals surface area contributed by atoms with E-state index in [9.17, 15) is 9.59 Å². The van der Waals surface area contributed by atoms with E-state index in [1.165, 1.54) is 6.20 Å². The number of nitrogens with zero attached hydrogens (tertiary/aromatic N) is 1. The van der Waals surface area contributed by atoms with Crippen molar-refractivity contribution in [1.29, 1.82) is 0 Å². The normalized spacial score (nSPS) is 14.8. The van der Waals surface area contributed by atoms with Crippen LogP contribution in [0.1, 0.15) is 72.9 Å². The van der Waals surface area contributed by atoms with Gasteiger partial charge in [0.15, 0.2) is 0 Å². The van der Waals surface area contributed by atoms with Crippen LogP contribution in [0.2, 0.25) is 0 Å². The van der Waals surface area contributed by atoms with Crippen molar-refractivity contribution in [3.63, 3.8) is 0 Å². The summed E-state index contributed by atoms with van der Waals surface area (Å²) in [6.45, 7) is 6.30. The molecule has 0 atom stereocenters. The second kappa shape index (κ2) is 7.91. The van der Waals surface area contributed by atoms with E-state index >= 15 is 0 Å². The van der Waals surface area contributed by atoms with Crippen LogP contribution in [-0.2, 0) is 5.41 Å². The van der Waals surface area contributed by atoms with Crippen molar-refractivity contribution in [2.24, 2.45) is 0 Å². The molecule has 2 N–H and O–H groups in total. The van der Waals surface area contributed by atoms with Crippen LogP contribution in [0, 0.1) is 0 Å². The molecule has 0 saturated heterocycles. The number of carbonyl (C=O) groups is 2. The van der Waals surface area contributed by atoms with Gasteiger partial charge in [-0.15, -0.1) is 0 Å². The zero-order valence-corrected chi connectivity index (χ0v) is 16.2. The average molecular weight is 365 g/mol. The highest BCUT2D eigenvalue weighted by Gasteiger charge is 2.21. The van der Waals surface area contributed by atoms with Gasteiger partial charge in [-0.1, -0.05) is 51.8 Å². The first-order chi connectivity index (χ1) is 12.8. The van der Waals surface area contributed by atoms with Crippen LogP contribution in [0.4, 0.5) is 5.69 Å². The van der Waals surface area contributed by atoms with Crippen LogP contribution in [-0.4, -0.2) is 22.8 Å². The van der Waals surface area contributed by atoms with E-state index in [-0.39, 0.29) is 29.0 Å². The maximum absolute atomic E-state index is 12.7. The average Bonchev–Trinajstić information content (AvgIpc) is 3.14. The van der Waals surface area contributed by atoms with Crippen molar-refractivity contribution in [1.82, 2.24) is 10.3 Å². The van der Waals surface area contributed by atoms with Gasteiger partial charge in [0.2, 0.25) is 0 Å². The molecule has 1 heterocycles. The molecule has 142 valence electrons. The molecular weight excluding hydrogens is 338 g/mol. The van der Waals surface area contributed by atoms with E-state index in [1.807, 2.05) is 24.3 Å². The van der Waals surface area contributed by atoms with Gasteiger partial charge < -0.3 is 10.6 Å². The molecule has 5 heteroatoms. The minimum atomic E-state index is -0.317. The highest BCUT2D eigenvalue weighted by Crippen LogP contribution is 2.29. The molecule has 2 aromatic rings. The van der Waals surface area contributed by atoms with Crippen molar-refractivity contribution in [3.8, 4) is 0 Å². The lowest BCUT2D eigenvalue weighted by atomic mass is 9.86. The lowest BCUT2D eigenvalue weighted by Gasteiger charge is -2.23. The second-order valence-corrected chi connectivity index (χ2v) is 8.13. The largest absolute Gasteiger partial charge is 0.349 e. The Morgan fingerprint density at radius 1 is 1.04 bits per heavy atom. The van der Waals surface area contributed by atoms with E-state index in [0.29, 0.717) is 5.56 Å². The fraction of sp³-hybridized carbons (Fsp3) is 0.409. The maximum atomic E-state index is 12.7. The summed E-state index contributed by atoms with van der Waals surface area (Å²) >= 11 is 0. The molecule has 0 spiro atoms. The van der Waals surface area contributed by atoms with Crippen molar-refractivity contribution < 1.29 is 9.59 Å². The van der Waals surface area contributed by atoms with Gasteiger partial charge in [-0.2, -0.15) is 0 Å². The van der Waals surface area contributed by atoms with Gasteiger partial charge in [0.1, 0.15) is 5.69 Å². The molecule has 0 radical (unpaired) electrons. The van der Waals surface area contributed by atoms with Gasteiger partial charge >= 0.3 is 0 Å². The van der Waals surface area contributed by atoms with Gasteiger partial charge in [-0.25, -0.2) is 0 Å². The number of hydrogen-bond donors (Lipinski definition) is 2. The van der Waals surface area contributed by atoms with Crippen molar-refractivity contribution in [3.05, 3.63) is 59.4 Å². The topological polar surface area (TPSA) is 71.1 Å². The first kappa shape index (κ1) is 19.1. The molecule has 0 aliphatic heterocycles. The Bertz CT molecular complexity index is 833. The molecule has 0 bridgehead atoms. The van der Waals surface area contributed by atoms with E-state index in [4.69, 9.17) is 0 Å². The number of aromatic nitrogens is 1. The molecular formula is C22H27N3O2. The Hall–Kier alpha value is -2.69. The lowest BCUT2D eigenvalue weighted by molar-refractivity contribution is 0.0937. The van der Waals surface area contributed by atoms with Crippen LogP contribution in [0.3, 0.4) is 0 Å². The minimum absolute atomic E-state index is 0.0969. The predicted molar refractivity (Wildman–Crippen MR) is 107 cm³/mol. The Morgan fingerprint density at radius 3 is 2.44 bits per heavy atom. The van der Waals surface area contributed by atoms with Gasteiger partial charge in [-0.3, -0.25) is 14.6 Å². The second-order valence-electron chi connectivity index (χ2n) is 8.13. The summed E-state index contributed by atoms with van der Waals surface area (Å²) in [4.78, 5) is 29.3. The molecule has 27 heavy (non-hydrogen) atoms. The lowest BCUT2D eigenvalue weighted by Crippen LogP contribution is -2.32. The van der Waals surface area contributed by atoms with Crippen molar-refractivity contribution in [2.45, 2.75) is 57.9 Å². The summed E-state index contributed by atoms with van der Waals surface area (Å²) in [5.41, 5.74) is 2.41. The summed E-state index contributed by atoms with van der Waals surface area (Å²) in [5, 5.41) is 5.98. The van der Waals surface area contributed by atoms with Gasteiger partial charge in [0, 0.05) is 23.5 Å². The number of benzene rings is 1. The third-order valence-electron chi connectivity index (χ3n) is 4.93. The zero-order valence-electron chi connectivity index (χ0n) is 16.2. The minimum Gasteiger partial charge on any atom is -0.349 e.